The van der Waals surface area contributed by atoms with E-state index in [0.717, 1.165) is 45.6 Å². The van der Waals surface area contributed by atoms with Crippen LogP contribution in [0.1, 0.15) is 26.7 Å². The van der Waals surface area contributed by atoms with Crippen molar-refractivity contribution in [3.8, 4) is 0 Å². The van der Waals surface area contributed by atoms with Crippen molar-refractivity contribution in [2.45, 2.75) is 32.7 Å². The van der Waals surface area contributed by atoms with Crippen LogP contribution in [0, 0.1) is 0 Å². The van der Waals surface area contributed by atoms with E-state index in [9.17, 15) is 4.79 Å². The molecule has 5 nitrogen and oxygen atoms in total. The fraction of sp³-hybridized carbons (Fsp3) is 0.846. The van der Waals surface area contributed by atoms with E-state index >= 15 is 0 Å². The molecule has 1 fully saturated rings. The predicted octanol–water partition coefficient (Wildman–Crippen LogP) is 0.195. The minimum absolute atomic E-state index is 0.0520. The second kappa shape index (κ2) is 8.45. The first-order valence-corrected chi connectivity index (χ1v) is 7.47. The number of hydrogen-bond acceptors (Lipinski definition) is 4. The molecule has 3 N–H and O–H groups in total. The first-order chi connectivity index (χ1) is 9.04. The number of piperazine rings is 1. The van der Waals surface area contributed by atoms with Crippen LogP contribution in [-0.4, -0.2) is 66.0 Å². The highest BCUT2D eigenvalue weighted by Gasteiger charge is 2.25. The number of amides is 1. The Balaban J connectivity index is 2.29. The summed E-state index contributed by atoms with van der Waals surface area (Å²) in [4.78, 5) is 17.0. The normalized spacial score (nSPS) is 19.1. The number of unbranched alkanes of at least 4 members (excludes halogenated alkanes) is 1. The van der Waals surface area contributed by atoms with Crippen LogP contribution in [0.25, 0.3) is 0 Å². The molecule has 1 saturated heterocycles. The van der Waals surface area contributed by atoms with Crippen LogP contribution in [0.4, 0.5) is 0 Å². The molecule has 0 bridgehead atoms. The molecule has 1 aliphatic rings. The summed E-state index contributed by atoms with van der Waals surface area (Å²) in [6.45, 7) is 9.19. The van der Waals surface area contributed by atoms with Crippen molar-refractivity contribution in [2.75, 3.05) is 39.3 Å². The Bertz CT molecular complexity index is 303. The molecule has 1 unspecified atom stereocenters. The number of nitrogens with two attached hydrogens (primary N) is 1. The van der Waals surface area contributed by atoms with Crippen LogP contribution >= 0.6 is 12.2 Å². The average molecular weight is 286 g/mol. The van der Waals surface area contributed by atoms with Gasteiger partial charge in [-0.1, -0.05) is 25.6 Å². The van der Waals surface area contributed by atoms with Crippen molar-refractivity contribution in [1.29, 1.82) is 0 Å². The first kappa shape index (κ1) is 16.3. The lowest BCUT2D eigenvalue weighted by Gasteiger charge is -2.37. The van der Waals surface area contributed by atoms with Crippen LogP contribution < -0.4 is 11.1 Å². The molecule has 0 aromatic heterocycles. The number of rotatable bonds is 7. The number of carbonyl (C=O) groups is 1. The molecule has 19 heavy (non-hydrogen) atoms. The van der Waals surface area contributed by atoms with Crippen LogP contribution in [0.3, 0.4) is 0 Å². The fourth-order valence-electron chi connectivity index (χ4n) is 2.23. The molecule has 1 aliphatic heterocycles. The summed E-state index contributed by atoms with van der Waals surface area (Å²) in [7, 11) is 0. The van der Waals surface area contributed by atoms with Gasteiger partial charge in [-0.15, -0.1) is 0 Å². The maximum Gasteiger partial charge on any atom is 0.237 e. The van der Waals surface area contributed by atoms with Gasteiger partial charge < -0.3 is 11.1 Å². The molecule has 1 amide bonds. The second-order valence-electron chi connectivity index (χ2n) is 5.10. The summed E-state index contributed by atoms with van der Waals surface area (Å²) in [6, 6.07) is -0.0520. The zero-order valence-corrected chi connectivity index (χ0v) is 12.8. The van der Waals surface area contributed by atoms with Gasteiger partial charge in [0, 0.05) is 39.3 Å². The highest BCUT2D eigenvalue weighted by Crippen LogP contribution is 2.06. The molecular weight excluding hydrogens is 260 g/mol. The van der Waals surface area contributed by atoms with E-state index < -0.39 is 0 Å². The van der Waals surface area contributed by atoms with Crippen molar-refractivity contribution >= 4 is 23.1 Å². The third-order valence-electron chi connectivity index (χ3n) is 3.54. The lowest BCUT2D eigenvalue weighted by molar-refractivity contribution is -0.126. The van der Waals surface area contributed by atoms with Crippen LogP contribution in [0.2, 0.25) is 0 Å². The van der Waals surface area contributed by atoms with Gasteiger partial charge in [-0.3, -0.25) is 14.6 Å². The SMILES string of the molecule is CCCCNC(=O)C(C)N1CCN(CC(N)=S)CC1. The maximum atomic E-state index is 12.0. The highest BCUT2D eigenvalue weighted by molar-refractivity contribution is 7.80. The molecule has 6 heteroatoms. The molecule has 0 spiro atoms. The Morgan fingerprint density at radius 3 is 2.53 bits per heavy atom. The third kappa shape index (κ3) is 5.84. The molecule has 0 aromatic rings. The molecule has 0 saturated carbocycles. The zero-order chi connectivity index (χ0) is 14.3. The largest absolute Gasteiger partial charge is 0.392 e. The van der Waals surface area contributed by atoms with Gasteiger partial charge in [0.15, 0.2) is 0 Å². The fourth-order valence-corrected chi connectivity index (χ4v) is 2.41. The lowest BCUT2D eigenvalue weighted by atomic mass is 10.2. The van der Waals surface area contributed by atoms with Gasteiger partial charge in [0.1, 0.15) is 0 Å². The van der Waals surface area contributed by atoms with Crippen LogP contribution in [-0.2, 0) is 4.79 Å². The van der Waals surface area contributed by atoms with E-state index in [-0.39, 0.29) is 11.9 Å². The number of nitrogens with zero attached hydrogens (tertiary/aromatic N) is 2. The summed E-state index contributed by atoms with van der Waals surface area (Å²) in [6.07, 6.45) is 2.15. The highest BCUT2D eigenvalue weighted by atomic mass is 32.1. The molecule has 0 aromatic carbocycles. The van der Waals surface area contributed by atoms with Crippen molar-refractivity contribution < 1.29 is 4.79 Å². The second-order valence-corrected chi connectivity index (χ2v) is 5.62. The molecule has 110 valence electrons. The molecule has 1 atom stereocenters. The standard InChI is InChI=1S/C13H26N4OS/c1-3-4-5-15-13(18)11(2)17-8-6-16(7-9-17)10-12(14)19/h11H,3-10H2,1-2H3,(H2,14,19)(H,15,18). The average Bonchev–Trinajstić information content (AvgIpc) is 2.38. The van der Waals surface area contributed by atoms with Gasteiger partial charge in [-0.25, -0.2) is 0 Å². The van der Waals surface area contributed by atoms with E-state index in [1.807, 2.05) is 6.92 Å². The summed E-state index contributed by atoms with van der Waals surface area (Å²) in [5.74, 6) is 0.135. The monoisotopic (exact) mass is 286 g/mol. The van der Waals surface area contributed by atoms with Crippen LogP contribution in [0.5, 0.6) is 0 Å². The van der Waals surface area contributed by atoms with E-state index in [4.69, 9.17) is 18.0 Å². The lowest BCUT2D eigenvalue weighted by Crippen LogP contribution is -2.54. The Hall–Kier alpha value is -0.720. The van der Waals surface area contributed by atoms with Gasteiger partial charge in [0.2, 0.25) is 5.91 Å². The summed E-state index contributed by atoms with van der Waals surface area (Å²) in [5, 5.41) is 2.99. The summed E-state index contributed by atoms with van der Waals surface area (Å²) >= 11 is 4.92. The van der Waals surface area contributed by atoms with E-state index in [1.165, 1.54) is 0 Å². The topological polar surface area (TPSA) is 61.6 Å². The van der Waals surface area contributed by atoms with Crippen molar-refractivity contribution in [3.05, 3.63) is 0 Å². The molecule has 0 radical (unpaired) electrons. The van der Waals surface area contributed by atoms with Crippen LogP contribution in [0.15, 0.2) is 0 Å². The summed E-state index contributed by atoms with van der Waals surface area (Å²) in [5.41, 5.74) is 5.55. The Morgan fingerprint density at radius 2 is 2.00 bits per heavy atom. The Kier molecular flexibility index (Phi) is 7.27. The zero-order valence-electron chi connectivity index (χ0n) is 12.0. The van der Waals surface area contributed by atoms with Gasteiger partial charge in [0.25, 0.3) is 0 Å². The van der Waals surface area contributed by atoms with Gasteiger partial charge in [0.05, 0.1) is 11.0 Å². The molecule has 0 aliphatic carbocycles. The first-order valence-electron chi connectivity index (χ1n) is 7.07. The molecule has 1 heterocycles. The molecule has 1 rings (SSSR count). The van der Waals surface area contributed by atoms with Gasteiger partial charge in [-0.05, 0) is 13.3 Å². The van der Waals surface area contributed by atoms with E-state index in [2.05, 4.69) is 22.0 Å². The van der Waals surface area contributed by atoms with Crippen molar-refractivity contribution in [2.24, 2.45) is 5.73 Å². The minimum Gasteiger partial charge on any atom is -0.392 e. The van der Waals surface area contributed by atoms with Crippen molar-refractivity contribution in [3.63, 3.8) is 0 Å². The van der Waals surface area contributed by atoms with E-state index in [1.54, 1.807) is 0 Å². The number of thiocarbonyl (C=S) groups is 1. The van der Waals surface area contributed by atoms with Gasteiger partial charge >= 0.3 is 0 Å². The molecular formula is C13H26N4OS. The Labute approximate surface area is 121 Å². The maximum absolute atomic E-state index is 12.0. The minimum atomic E-state index is -0.0520. The quantitative estimate of drug-likeness (QED) is 0.517. The Morgan fingerprint density at radius 1 is 1.37 bits per heavy atom. The number of hydrogen-bond donors (Lipinski definition) is 2. The van der Waals surface area contributed by atoms with Gasteiger partial charge in [-0.2, -0.15) is 0 Å². The smallest absolute Gasteiger partial charge is 0.237 e. The summed E-state index contributed by atoms with van der Waals surface area (Å²) < 4.78 is 0. The van der Waals surface area contributed by atoms with Crippen molar-refractivity contribution in [1.82, 2.24) is 15.1 Å². The third-order valence-corrected chi connectivity index (χ3v) is 3.67. The number of nitrogens with one attached hydrogen (secondary N) is 1. The predicted molar refractivity (Wildman–Crippen MR) is 82.2 cm³/mol. The van der Waals surface area contributed by atoms with E-state index in [0.29, 0.717) is 11.5 Å². The number of carbonyl (C=O) groups excluding carboxylic acids is 1.